The maximum Gasteiger partial charge on any atom is 0.239 e. The second kappa shape index (κ2) is 5.89. The van der Waals surface area contributed by atoms with Crippen LogP contribution in [-0.4, -0.2) is 16.8 Å². The lowest BCUT2D eigenvalue weighted by atomic mass is 9.86. The van der Waals surface area contributed by atoms with Crippen molar-refractivity contribution in [3.05, 3.63) is 59.2 Å². The molecule has 0 bridgehead atoms. The molecule has 1 saturated heterocycles. The summed E-state index contributed by atoms with van der Waals surface area (Å²) in [5.74, 6) is -0.536. The van der Waals surface area contributed by atoms with Crippen molar-refractivity contribution in [3.8, 4) is 0 Å². The fourth-order valence-corrected chi connectivity index (χ4v) is 2.95. The Labute approximate surface area is 133 Å². The Bertz CT molecular complexity index is 718. The third kappa shape index (κ3) is 2.62. The summed E-state index contributed by atoms with van der Waals surface area (Å²) in [4.78, 5) is 30.2. The first-order chi connectivity index (χ1) is 10.6. The molecule has 1 fully saturated rings. The van der Waals surface area contributed by atoms with Crippen LogP contribution in [0.15, 0.2) is 48.7 Å². The summed E-state index contributed by atoms with van der Waals surface area (Å²) in [6.07, 6.45) is 1.69. The zero-order valence-electron chi connectivity index (χ0n) is 12.1. The van der Waals surface area contributed by atoms with Crippen LogP contribution in [0.2, 0.25) is 5.02 Å². The third-order valence-electron chi connectivity index (χ3n) is 4.05. The Kier molecular flexibility index (Phi) is 3.94. The zero-order valence-corrected chi connectivity index (χ0v) is 12.8. The Balaban J connectivity index is 1.89. The number of benzene rings is 1. The molecule has 1 aromatic carbocycles. The van der Waals surface area contributed by atoms with Gasteiger partial charge < -0.3 is 0 Å². The second-order valence-corrected chi connectivity index (χ2v) is 5.85. The van der Waals surface area contributed by atoms with E-state index in [0.29, 0.717) is 10.8 Å². The first kappa shape index (κ1) is 14.7. The molecule has 2 aromatic rings. The van der Waals surface area contributed by atoms with Gasteiger partial charge in [0.1, 0.15) is 5.82 Å². The summed E-state index contributed by atoms with van der Waals surface area (Å²) in [6.45, 7) is 1.97. The van der Waals surface area contributed by atoms with Crippen LogP contribution < -0.4 is 4.90 Å². The van der Waals surface area contributed by atoms with Crippen LogP contribution in [0.25, 0.3) is 0 Å². The number of nitrogens with zero attached hydrogens (tertiary/aromatic N) is 2. The molecule has 0 unspecified atom stereocenters. The molecule has 3 rings (SSSR count). The molecule has 0 aliphatic carbocycles. The van der Waals surface area contributed by atoms with Gasteiger partial charge in [0.15, 0.2) is 0 Å². The largest absolute Gasteiger partial charge is 0.274 e. The maximum absolute atomic E-state index is 12.7. The van der Waals surface area contributed by atoms with Gasteiger partial charge >= 0.3 is 0 Å². The van der Waals surface area contributed by atoms with Crippen LogP contribution in [-0.2, 0) is 9.59 Å². The molecule has 2 amide bonds. The number of hydrogen-bond donors (Lipinski definition) is 0. The number of aromatic nitrogens is 1. The number of carbonyl (C=O) groups excluding carboxylic acids is 2. The average Bonchev–Trinajstić information content (AvgIpc) is 2.82. The number of amides is 2. The topological polar surface area (TPSA) is 50.3 Å². The average molecular weight is 315 g/mol. The fraction of sp³-hybridized carbons (Fsp3) is 0.235. The molecular formula is C17H15ClN2O2. The highest BCUT2D eigenvalue weighted by atomic mass is 35.5. The van der Waals surface area contributed by atoms with Crippen molar-refractivity contribution >= 4 is 29.2 Å². The monoisotopic (exact) mass is 314 g/mol. The first-order valence-corrected chi connectivity index (χ1v) is 7.49. The van der Waals surface area contributed by atoms with Gasteiger partial charge in [-0.2, -0.15) is 0 Å². The summed E-state index contributed by atoms with van der Waals surface area (Å²) in [7, 11) is 0. The molecule has 2 heterocycles. The van der Waals surface area contributed by atoms with E-state index in [9.17, 15) is 9.59 Å². The molecule has 1 aromatic heterocycles. The number of imide groups is 1. The highest BCUT2D eigenvalue weighted by Gasteiger charge is 2.43. The van der Waals surface area contributed by atoms with Crippen LogP contribution in [0.3, 0.4) is 0 Å². The van der Waals surface area contributed by atoms with Crippen LogP contribution in [0.1, 0.15) is 24.8 Å². The number of halogens is 1. The van der Waals surface area contributed by atoms with Gasteiger partial charge in [-0.15, -0.1) is 0 Å². The van der Waals surface area contributed by atoms with Crippen LogP contribution >= 0.6 is 11.6 Å². The lowest BCUT2D eigenvalue weighted by Crippen LogP contribution is -2.32. The molecule has 0 spiro atoms. The summed E-state index contributed by atoms with van der Waals surface area (Å²) >= 11 is 5.92. The number of pyridine rings is 1. The van der Waals surface area contributed by atoms with Crippen molar-refractivity contribution in [2.24, 2.45) is 5.92 Å². The predicted octanol–water partition coefficient (Wildman–Crippen LogP) is 3.42. The summed E-state index contributed by atoms with van der Waals surface area (Å²) in [5.41, 5.74) is 1.05. The first-order valence-electron chi connectivity index (χ1n) is 7.11. The van der Waals surface area contributed by atoms with Gasteiger partial charge in [-0.05, 0) is 17.5 Å². The molecule has 0 N–H and O–H groups in total. The Morgan fingerprint density at radius 3 is 2.64 bits per heavy atom. The van der Waals surface area contributed by atoms with E-state index in [2.05, 4.69) is 4.98 Å². The highest BCUT2D eigenvalue weighted by molar-refractivity contribution is 6.31. The van der Waals surface area contributed by atoms with E-state index in [1.807, 2.05) is 37.3 Å². The van der Waals surface area contributed by atoms with Crippen molar-refractivity contribution in [1.29, 1.82) is 0 Å². The Morgan fingerprint density at radius 1 is 1.23 bits per heavy atom. The van der Waals surface area contributed by atoms with E-state index < -0.39 is 0 Å². The molecule has 112 valence electrons. The smallest absolute Gasteiger partial charge is 0.239 e. The third-order valence-corrected chi connectivity index (χ3v) is 4.28. The van der Waals surface area contributed by atoms with E-state index in [1.165, 1.54) is 12.3 Å². The van der Waals surface area contributed by atoms with Crippen LogP contribution in [0.4, 0.5) is 5.82 Å². The van der Waals surface area contributed by atoms with Crippen molar-refractivity contribution in [3.63, 3.8) is 0 Å². The van der Waals surface area contributed by atoms with Gasteiger partial charge in [-0.3, -0.25) is 9.59 Å². The fourth-order valence-electron chi connectivity index (χ4n) is 2.79. The standard InChI is InChI=1S/C17H15ClN2O2/c1-11(12-5-3-2-4-6-12)14-10-16(21)20(17(14)22)15-9-13(18)7-8-19-15/h2-9,11,14H,10H2,1H3/t11-,14-/m1/s1. The van der Waals surface area contributed by atoms with E-state index in [-0.39, 0.29) is 30.1 Å². The van der Waals surface area contributed by atoms with Gasteiger partial charge in [-0.1, -0.05) is 48.9 Å². The molecular weight excluding hydrogens is 300 g/mol. The lowest BCUT2D eigenvalue weighted by Gasteiger charge is -2.18. The number of carbonyl (C=O) groups is 2. The minimum absolute atomic E-state index is 0.0261. The summed E-state index contributed by atoms with van der Waals surface area (Å²) in [6, 6.07) is 12.9. The van der Waals surface area contributed by atoms with Gasteiger partial charge in [0.25, 0.3) is 0 Å². The van der Waals surface area contributed by atoms with Crippen molar-refractivity contribution in [1.82, 2.24) is 4.98 Å². The molecule has 1 aliphatic rings. The van der Waals surface area contributed by atoms with Crippen molar-refractivity contribution in [2.45, 2.75) is 19.3 Å². The second-order valence-electron chi connectivity index (χ2n) is 5.41. The van der Waals surface area contributed by atoms with Crippen molar-refractivity contribution < 1.29 is 9.59 Å². The quantitative estimate of drug-likeness (QED) is 0.816. The molecule has 4 nitrogen and oxygen atoms in total. The molecule has 2 atom stereocenters. The maximum atomic E-state index is 12.7. The number of rotatable bonds is 3. The Hall–Kier alpha value is -2.20. The van der Waals surface area contributed by atoms with Crippen molar-refractivity contribution in [2.75, 3.05) is 4.90 Å². The van der Waals surface area contributed by atoms with Crippen LogP contribution in [0.5, 0.6) is 0 Å². The number of hydrogen-bond acceptors (Lipinski definition) is 3. The molecule has 1 aliphatic heterocycles. The van der Waals surface area contributed by atoms with Gasteiger partial charge in [-0.25, -0.2) is 9.88 Å². The van der Waals surface area contributed by atoms with E-state index >= 15 is 0 Å². The summed E-state index contributed by atoms with van der Waals surface area (Å²) < 4.78 is 0. The lowest BCUT2D eigenvalue weighted by molar-refractivity contribution is -0.122. The normalized spacial score (nSPS) is 19.5. The van der Waals surface area contributed by atoms with E-state index in [0.717, 1.165) is 10.5 Å². The SMILES string of the molecule is C[C@H](c1ccccc1)[C@H]1CC(=O)N(c2cc(Cl)ccn2)C1=O. The minimum Gasteiger partial charge on any atom is -0.274 e. The van der Waals surface area contributed by atoms with Gasteiger partial charge in [0, 0.05) is 23.7 Å². The highest BCUT2D eigenvalue weighted by Crippen LogP contribution is 2.35. The van der Waals surface area contributed by atoms with Crippen LogP contribution in [0, 0.1) is 5.92 Å². The summed E-state index contributed by atoms with van der Waals surface area (Å²) in [5, 5.41) is 0.449. The van der Waals surface area contributed by atoms with Gasteiger partial charge in [0.2, 0.25) is 11.8 Å². The van der Waals surface area contributed by atoms with E-state index in [1.54, 1.807) is 6.07 Å². The molecule has 0 radical (unpaired) electrons. The molecule has 22 heavy (non-hydrogen) atoms. The Morgan fingerprint density at radius 2 is 1.95 bits per heavy atom. The minimum atomic E-state index is -0.365. The number of anilines is 1. The molecule has 0 saturated carbocycles. The predicted molar refractivity (Wildman–Crippen MR) is 84.7 cm³/mol. The van der Waals surface area contributed by atoms with Gasteiger partial charge in [0.05, 0.1) is 5.92 Å². The zero-order chi connectivity index (χ0) is 15.7. The molecule has 5 heteroatoms. The van der Waals surface area contributed by atoms with E-state index in [4.69, 9.17) is 11.6 Å².